The molecular weight excluding hydrogens is 528 g/mol. The number of hydrogen-bond acceptors (Lipinski definition) is 7. The Balaban J connectivity index is 1.79. The van der Waals surface area contributed by atoms with Gasteiger partial charge in [-0.05, 0) is 51.5 Å². The predicted octanol–water partition coefficient (Wildman–Crippen LogP) is 3.24. The van der Waals surface area contributed by atoms with Gasteiger partial charge >= 0.3 is 6.09 Å². The summed E-state index contributed by atoms with van der Waals surface area (Å²) >= 11 is 3.27. The highest BCUT2D eigenvalue weighted by Gasteiger charge is 2.55. The first-order chi connectivity index (χ1) is 15.8. The summed E-state index contributed by atoms with van der Waals surface area (Å²) in [5.41, 5.74) is -1.38. The molecule has 1 aromatic carbocycles. The molecule has 1 heterocycles. The number of amides is 2. The van der Waals surface area contributed by atoms with E-state index < -0.39 is 45.4 Å². The Morgan fingerprint density at radius 2 is 1.94 bits per heavy atom. The Labute approximate surface area is 209 Å². The predicted molar refractivity (Wildman–Crippen MR) is 129 cm³/mol. The van der Waals surface area contributed by atoms with E-state index >= 15 is 0 Å². The molecule has 2 aliphatic rings. The van der Waals surface area contributed by atoms with Crippen molar-refractivity contribution in [3.8, 4) is 0 Å². The van der Waals surface area contributed by atoms with Gasteiger partial charge < -0.3 is 14.8 Å². The van der Waals surface area contributed by atoms with Gasteiger partial charge in [-0.3, -0.25) is 13.9 Å². The van der Waals surface area contributed by atoms with Crippen LogP contribution in [0.4, 0.5) is 4.79 Å². The molecule has 0 radical (unpaired) electrons. The van der Waals surface area contributed by atoms with Crippen molar-refractivity contribution in [3.05, 3.63) is 41.4 Å². The van der Waals surface area contributed by atoms with Crippen LogP contribution in [0.5, 0.6) is 0 Å². The maximum Gasteiger partial charge on any atom is 0.411 e. The minimum atomic E-state index is -4.10. The Hall–Kier alpha value is -1.95. The summed E-state index contributed by atoms with van der Waals surface area (Å²) in [6.07, 6.45) is 0.813. The van der Waals surface area contributed by atoms with Crippen LogP contribution in [0.25, 0.3) is 0 Å². The van der Waals surface area contributed by atoms with Crippen LogP contribution in [0.2, 0.25) is 0 Å². The first-order valence-electron chi connectivity index (χ1n) is 10.9. The first kappa shape index (κ1) is 26.7. The SMILES string of the molecule is C=CC1CC1(COC)NC(=O)C1CC(OS(=O)(=O)c2ccc(Br)cc2)CN1C(=O)OC(C)(C)C. The number of rotatable bonds is 8. The minimum Gasteiger partial charge on any atom is -0.444 e. The van der Waals surface area contributed by atoms with Crippen LogP contribution in [0.15, 0.2) is 46.3 Å². The molecule has 11 heteroatoms. The summed E-state index contributed by atoms with van der Waals surface area (Å²) in [5, 5.41) is 2.99. The lowest BCUT2D eigenvalue weighted by atomic mass is 10.1. The van der Waals surface area contributed by atoms with Crippen LogP contribution in [0.3, 0.4) is 0 Å². The molecule has 2 fully saturated rings. The zero-order valence-corrected chi connectivity index (χ0v) is 22.1. The van der Waals surface area contributed by atoms with Crippen LogP contribution in [0, 0.1) is 5.92 Å². The number of hydrogen-bond donors (Lipinski definition) is 1. The van der Waals surface area contributed by atoms with Crippen molar-refractivity contribution in [1.82, 2.24) is 10.2 Å². The quantitative estimate of drug-likeness (QED) is 0.385. The second-order valence-electron chi connectivity index (χ2n) is 9.64. The number of benzene rings is 1. The van der Waals surface area contributed by atoms with E-state index in [9.17, 15) is 18.0 Å². The van der Waals surface area contributed by atoms with E-state index in [0.717, 1.165) is 4.47 Å². The highest BCUT2D eigenvalue weighted by Crippen LogP contribution is 2.44. The van der Waals surface area contributed by atoms with Gasteiger partial charge in [-0.2, -0.15) is 8.42 Å². The van der Waals surface area contributed by atoms with Gasteiger partial charge in [0.1, 0.15) is 11.6 Å². The number of likely N-dealkylation sites (tertiary alicyclic amines) is 1. The lowest BCUT2D eigenvalue weighted by molar-refractivity contribution is -0.127. The zero-order valence-electron chi connectivity index (χ0n) is 19.7. The second kappa shape index (κ2) is 9.96. The maximum atomic E-state index is 13.3. The van der Waals surface area contributed by atoms with Gasteiger partial charge in [0, 0.05) is 23.9 Å². The molecule has 4 atom stereocenters. The van der Waals surface area contributed by atoms with E-state index in [0.29, 0.717) is 13.0 Å². The summed E-state index contributed by atoms with van der Waals surface area (Å²) in [6, 6.07) is 5.06. The van der Waals surface area contributed by atoms with E-state index in [2.05, 4.69) is 27.8 Å². The molecule has 0 spiro atoms. The molecule has 9 nitrogen and oxygen atoms in total. The molecule has 4 unspecified atom stereocenters. The molecule has 188 valence electrons. The van der Waals surface area contributed by atoms with Gasteiger partial charge in [0.2, 0.25) is 5.91 Å². The summed E-state index contributed by atoms with van der Waals surface area (Å²) in [4.78, 5) is 27.4. The number of nitrogens with zero attached hydrogens (tertiary/aromatic N) is 1. The fraction of sp³-hybridized carbons (Fsp3) is 0.565. The Bertz CT molecular complexity index is 1040. The first-order valence-corrected chi connectivity index (χ1v) is 13.1. The number of carbonyl (C=O) groups is 2. The Morgan fingerprint density at radius 3 is 2.47 bits per heavy atom. The van der Waals surface area contributed by atoms with Gasteiger partial charge in [-0.15, -0.1) is 6.58 Å². The van der Waals surface area contributed by atoms with Crippen LogP contribution in [0.1, 0.15) is 33.6 Å². The lowest BCUT2D eigenvalue weighted by Crippen LogP contribution is -2.52. The number of nitrogens with one attached hydrogen (secondary N) is 1. The third-order valence-electron chi connectivity index (χ3n) is 5.75. The Kier molecular flexibility index (Phi) is 7.81. The molecular formula is C23H31BrN2O7S. The minimum absolute atomic E-state index is 0.00263. The molecule has 0 bridgehead atoms. The van der Waals surface area contributed by atoms with Gasteiger partial charge in [0.15, 0.2) is 0 Å². The Morgan fingerprint density at radius 1 is 1.29 bits per heavy atom. The molecule has 3 rings (SSSR count). The summed E-state index contributed by atoms with van der Waals surface area (Å²) < 4.78 is 42.5. The third kappa shape index (κ3) is 6.18. The molecule has 1 N–H and O–H groups in total. The fourth-order valence-electron chi connectivity index (χ4n) is 4.05. The van der Waals surface area contributed by atoms with Crippen LogP contribution in [-0.2, 0) is 28.6 Å². The molecule has 1 saturated heterocycles. The van der Waals surface area contributed by atoms with E-state index in [1.165, 1.54) is 17.0 Å². The monoisotopic (exact) mass is 558 g/mol. The summed E-state index contributed by atoms with van der Waals surface area (Å²) in [7, 11) is -2.56. The molecule has 1 saturated carbocycles. The van der Waals surface area contributed by atoms with Crippen molar-refractivity contribution in [2.75, 3.05) is 20.3 Å². The highest BCUT2D eigenvalue weighted by molar-refractivity contribution is 9.10. The van der Waals surface area contributed by atoms with E-state index in [4.69, 9.17) is 13.7 Å². The van der Waals surface area contributed by atoms with Crippen LogP contribution < -0.4 is 5.32 Å². The molecule has 34 heavy (non-hydrogen) atoms. The standard InChI is InChI=1S/C23H31BrN2O7S/c1-6-15-12-23(15,14-31-5)25-20(27)19-11-17(13-26(19)21(28)32-22(2,3)4)33-34(29,30)18-9-7-16(24)8-10-18/h6-10,15,17,19H,1,11-14H2,2-5H3,(H,25,27). The smallest absolute Gasteiger partial charge is 0.411 e. The topological polar surface area (TPSA) is 111 Å². The van der Waals surface area contributed by atoms with E-state index in [1.807, 2.05) is 0 Å². The molecule has 1 aromatic rings. The molecule has 2 amide bonds. The van der Waals surface area contributed by atoms with Crippen molar-refractivity contribution in [3.63, 3.8) is 0 Å². The van der Waals surface area contributed by atoms with Gasteiger partial charge in [0.05, 0.1) is 29.7 Å². The largest absolute Gasteiger partial charge is 0.444 e. The van der Waals surface area contributed by atoms with Crippen molar-refractivity contribution < 1.29 is 31.7 Å². The van der Waals surface area contributed by atoms with Crippen molar-refractivity contribution >= 4 is 38.0 Å². The van der Waals surface area contributed by atoms with Crippen LogP contribution in [-0.4, -0.2) is 68.9 Å². The third-order valence-corrected chi connectivity index (χ3v) is 7.65. The lowest BCUT2D eigenvalue weighted by Gasteiger charge is -2.29. The number of carbonyl (C=O) groups excluding carboxylic acids is 2. The highest BCUT2D eigenvalue weighted by atomic mass is 79.9. The molecule has 0 aromatic heterocycles. The molecule has 1 aliphatic heterocycles. The number of halogens is 1. The average Bonchev–Trinajstić information content (AvgIpc) is 3.23. The summed E-state index contributed by atoms with van der Waals surface area (Å²) in [5.74, 6) is -0.364. The fourth-order valence-corrected chi connectivity index (χ4v) is 5.39. The van der Waals surface area contributed by atoms with E-state index in [-0.39, 0.29) is 23.8 Å². The van der Waals surface area contributed by atoms with Crippen LogP contribution >= 0.6 is 15.9 Å². The van der Waals surface area contributed by atoms with E-state index in [1.54, 1.807) is 46.1 Å². The summed E-state index contributed by atoms with van der Waals surface area (Å²) in [6.45, 7) is 9.14. The molecule has 1 aliphatic carbocycles. The van der Waals surface area contributed by atoms with Gasteiger partial charge in [0.25, 0.3) is 10.1 Å². The van der Waals surface area contributed by atoms with Gasteiger partial charge in [-0.1, -0.05) is 22.0 Å². The second-order valence-corrected chi connectivity index (χ2v) is 12.1. The maximum absolute atomic E-state index is 13.3. The van der Waals surface area contributed by atoms with Crippen molar-refractivity contribution in [2.24, 2.45) is 5.92 Å². The van der Waals surface area contributed by atoms with Crippen molar-refractivity contribution in [2.45, 2.75) is 61.8 Å². The van der Waals surface area contributed by atoms with Gasteiger partial charge in [-0.25, -0.2) is 4.79 Å². The average molecular weight is 559 g/mol. The normalized spacial score (nSPS) is 26.7. The van der Waals surface area contributed by atoms with Crippen molar-refractivity contribution in [1.29, 1.82) is 0 Å². The number of methoxy groups -OCH3 is 1. The number of ether oxygens (including phenoxy) is 2. The zero-order chi connectivity index (χ0) is 25.3.